The lowest BCUT2D eigenvalue weighted by atomic mass is 10.3. The van der Waals surface area contributed by atoms with Gasteiger partial charge in [0, 0.05) is 20.1 Å². The minimum absolute atomic E-state index is 0.00654. The lowest BCUT2D eigenvalue weighted by Crippen LogP contribution is -2.20. The smallest absolute Gasteiger partial charge is 0.216 e. The first kappa shape index (κ1) is 13.1. The molecule has 0 bridgehead atoms. The van der Waals surface area contributed by atoms with Crippen LogP contribution in [0.25, 0.3) is 0 Å². The van der Waals surface area contributed by atoms with E-state index in [4.69, 9.17) is 5.11 Å². The van der Waals surface area contributed by atoms with Gasteiger partial charge in [-0.3, -0.25) is 4.79 Å². The first-order valence-electron chi connectivity index (χ1n) is 4.12. The van der Waals surface area contributed by atoms with Crippen LogP contribution in [0.5, 0.6) is 0 Å². The molecule has 0 saturated carbocycles. The molecule has 0 aromatic heterocycles. The molecule has 0 unspecified atom stereocenters. The maximum absolute atomic E-state index is 10.2. The molecule has 0 rings (SSSR count). The van der Waals surface area contributed by atoms with Gasteiger partial charge in [-0.25, -0.2) is 0 Å². The van der Waals surface area contributed by atoms with Crippen molar-refractivity contribution < 1.29 is 9.90 Å². The summed E-state index contributed by atoms with van der Waals surface area (Å²) in [6.07, 6.45) is 1.62. The molecule has 0 fully saturated rings. The Balaban J connectivity index is 0. The summed E-state index contributed by atoms with van der Waals surface area (Å²) < 4.78 is 0. The minimum atomic E-state index is -0.00654. The summed E-state index contributed by atoms with van der Waals surface area (Å²) in [5, 5.41) is 10.9. The first-order chi connectivity index (χ1) is 5.27. The van der Waals surface area contributed by atoms with Crippen molar-refractivity contribution in [1.29, 1.82) is 0 Å². The number of hydrogen-bond donors (Lipinski definition) is 2. The molecule has 0 saturated heterocycles. The lowest BCUT2D eigenvalue weighted by Gasteiger charge is -1.98. The Bertz CT molecular complexity index is 84.2. The summed E-state index contributed by atoms with van der Waals surface area (Å²) in [5.41, 5.74) is 0. The SMILES string of the molecule is CC.CC(=O)NCCCCO. The highest BCUT2D eigenvalue weighted by Crippen LogP contribution is 1.82. The summed E-state index contributed by atoms with van der Waals surface area (Å²) in [4.78, 5) is 10.2. The van der Waals surface area contributed by atoms with E-state index < -0.39 is 0 Å². The van der Waals surface area contributed by atoms with Crippen LogP contribution in [0.4, 0.5) is 0 Å². The summed E-state index contributed by atoms with van der Waals surface area (Å²) in [6.45, 7) is 6.37. The zero-order chi connectivity index (χ0) is 9.11. The number of unbranched alkanes of at least 4 members (excludes halogenated alkanes) is 1. The number of carbonyl (C=O) groups excluding carboxylic acids is 1. The van der Waals surface area contributed by atoms with Crippen LogP contribution < -0.4 is 5.32 Å². The first-order valence-corrected chi connectivity index (χ1v) is 4.12. The highest BCUT2D eigenvalue weighted by molar-refractivity contribution is 5.72. The molecule has 3 heteroatoms. The molecule has 11 heavy (non-hydrogen) atoms. The van der Waals surface area contributed by atoms with Gasteiger partial charge < -0.3 is 10.4 Å². The topological polar surface area (TPSA) is 49.3 Å². The van der Waals surface area contributed by atoms with Gasteiger partial charge in [0.1, 0.15) is 0 Å². The van der Waals surface area contributed by atoms with Crippen LogP contribution in [-0.4, -0.2) is 24.2 Å². The van der Waals surface area contributed by atoms with E-state index in [9.17, 15) is 4.79 Å². The van der Waals surface area contributed by atoms with E-state index in [2.05, 4.69) is 5.32 Å². The molecule has 0 atom stereocenters. The normalized spacial score (nSPS) is 8.00. The van der Waals surface area contributed by atoms with Crippen LogP contribution in [-0.2, 0) is 4.79 Å². The summed E-state index contributed by atoms with van der Waals surface area (Å²) in [6, 6.07) is 0. The summed E-state index contributed by atoms with van der Waals surface area (Å²) in [5.74, 6) is -0.00654. The van der Waals surface area contributed by atoms with Gasteiger partial charge in [-0.2, -0.15) is 0 Å². The molecule has 0 aromatic rings. The lowest BCUT2D eigenvalue weighted by molar-refractivity contribution is -0.118. The van der Waals surface area contributed by atoms with E-state index in [1.54, 1.807) is 0 Å². The third kappa shape index (κ3) is 17.7. The van der Waals surface area contributed by atoms with Crippen molar-refractivity contribution in [2.45, 2.75) is 33.6 Å². The predicted molar refractivity (Wildman–Crippen MR) is 46.4 cm³/mol. The second kappa shape index (κ2) is 12.1. The monoisotopic (exact) mass is 161 g/mol. The van der Waals surface area contributed by atoms with Gasteiger partial charge >= 0.3 is 0 Å². The van der Waals surface area contributed by atoms with Crippen molar-refractivity contribution in [2.75, 3.05) is 13.2 Å². The van der Waals surface area contributed by atoms with Crippen molar-refractivity contribution in [3.05, 3.63) is 0 Å². The van der Waals surface area contributed by atoms with E-state index in [-0.39, 0.29) is 12.5 Å². The van der Waals surface area contributed by atoms with E-state index in [0.29, 0.717) is 6.54 Å². The van der Waals surface area contributed by atoms with Gasteiger partial charge in [0.25, 0.3) is 0 Å². The molecule has 0 spiro atoms. The average Bonchev–Trinajstić information content (AvgIpc) is 2.02. The Morgan fingerprint density at radius 1 is 1.36 bits per heavy atom. The highest BCUT2D eigenvalue weighted by atomic mass is 16.2. The van der Waals surface area contributed by atoms with Gasteiger partial charge in [0.2, 0.25) is 5.91 Å². The molecule has 0 aliphatic carbocycles. The van der Waals surface area contributed by atoms with Gasteiger partial charge in [0.15, 0.2) is 0 Å². The van der Waals surface area contributed by atoms with Crippen LogP contribution >= 0.6 is 0 Å². The minimum Gasteiger partial charge on any atom is -0.396 e. The zero-order valence-corrected chi connectivity index (χ0v) is 7.68. The van der Waals surface area contributed by atoms with E-state index >= 15 is 0 Å². The molecule has 0 aliphatic heterocycles. The number of aliphatic hydroxyl groups is 1. The third-order valence-corrected chi connectivity index (χ3v) is 0.959. The predicted octanol–water partition coefficient (Wildman–Crippen LogP) is 0.921. The van der Waals surface area contributed by atoms with Crippen molar-refractivity contribution in [2.24, 2.45) is 0 Å². The number of rotatable bonds is 4. The molecule has 68 valence electrons. The van der Waals surface area contributed by atoms with Crippen molar-refractivity contribution in [3.8, 4) is 0 Å². The van der Waals surface area contributed by atoms with Crippen LogP contribution in [0.3, 0.4) is 0 Å². The van der Waals surface area contributed by atoms with Crippen molar-refractivity contribution >= 4 is 5.91 Å². The Labute approximate surface area is 68.8 Å². The molecule has 0 heterocycles. The Morgan fingerprint density at radius 2 is 1.91 bits per heavy atom. The molecule has 3 nitrogen and oxygen atoms in total. The highest BCUT2D eigenvalue weighted by Gasteiger charge is 1.88. The zero-order valence-electron chi connectivity index (χ0n) is 7.68. The van der Waals surface area contributed by atoms with Crippen LogP contribution in [0.2, 0.25) is 0 Å². The fraction of sp³-hybridized carbons (Fsp3) is 0.875. The van der Waals surface area contributed by atoms with Gasteiger partial charge in [0.05, 0.1) is 0 Å². The molecule has 0 aromatic carbocycles. The summed E-state index contributed by atoms with van der Waals surface area (Å²) in [7, 11) is 0. The van der Waals surface area contributed by atoms with Crippen LogP contribution in [0.15, 0.2) is 0 Å². The largest absolute Gasteiger partial charge is 0.396 e. The quantitative estimate of drug-likeness (QED) is 0.602. The number of aliphatic hydroxyl groups excluding tert-OH is 1. The fourth-order valence-corrected chi connectivity index (χ4v) is 0.501. The maximum Gasteiger partial charge on any atom is 0.216 e. The molecular weight excluding hydrogens is 142 g/mol. The second-order valence-electron chi connectivity index (χ2n) is 1.91. The van der Waals surface area contributed by atoms with Crippen molar-refractivity contribution in [1.82, 2.24) is 5.32 Å². The third-order valence-electron chi connectivity index (χ3n) is 0.959. The second-order valence-corrected chi connectivity index (χ2v) is 1.91. The van der Waals surface area contributed by atoms with Gasteiger partial charge in [-0.05, 0) is 12.8 Å². The van der Waals surface area contributed by atoms with Crippen molar-refractivity contribution in [3.63, 3.8) is 0 Å². The number of nitrogens with one attached hydrogen (secondary N) is 1. The molecule has 2 N–H and O–H groups in total. The van der Waals surface area contributed by atoms with Crippen LogP contribution in [0, 0.1) is 0 Å². The Hall–Kier alpha value is -0.570. The fourth-order valence-electron chi connectivity index (χ4n) is 0.501. The Kier molecular flexibility index (Phi) is 14.4. The number of carbonyl (C=O) groups is 1. The molecule has 1 amide bonds. The van der Waals surface area contributed by atoms with E-state index in [1.807, 2.05) is 13.8 Å². The van der Waals surface area contributed by atoms with Crippen LogP contribution in [0.1, 0.15) is 33.6 Å². The number of amides is 1. The summed E-state index contributed by atoms with van der Waals surface area (Å²) >= 11 is 0. The van der Waals surface area contributed by atoms with E-state index in [1.165, 1.54) is 6.92 Å². The molecule has 0 aliphatic rings. The molecular formula is C8H19NO2. The standard InChI is InChI=1S/C6H13NO2.C2H6/c1-6(9)7-4-2-3-5-8;1-2/h8H,2-5H2,1H3,(H,7,9);1-2H3. The Morgan fingerprint density at radius 3 is 2.27 bits per heavy atom. The maximum atomic E-state index is 10.2. The molecule has 0 radical (unpaired) electrons. The number of hydrogen-bond acceptors (Lipinski definition) is 2. The van der Waals surface area contributed by atoms with E-state index in [0.717, 1.165) is 12.8 Å². The average molecular weight is 161 g/mol. The van der Waals surface area contributed by atoms with Gasteiger partial charge in [-0.1, -0.05) is 13.8 Å². The van der Waals surface area contributed by atoms with Gasteiger partial charge in [-0.15, -0.1) is 0 Å².